The number of carbonyl (C=O) groups is 1. The summed E-state index contributed by atoms with van der Waals surface area (Å²) in [5.74, 6) is 0.771. The summed E-state index contributed by atoms with van der Waals surface area (Å²) in [6, 6.07) is 2.09. The van der Waals surface area contributed by atoms with E-state index in [0.29, 0.717) is 0 Å². The maximum absolute atomic E-state index is 10.6. The second kappa shape index (κ2) is 3.97. The first-order chi connectivity index (χ1) is 7.06. The third-order valence-electron chi connectivity index (χ3n) is 3.15. The molecule has 0 saturated heterocycles. The van der Waals surface area contributed by atoms with Crippen molar-refractivity contribution in [3.05, 3.63) is 21.4 Å². The summed E-state index contributed by atoms with van der Waals surface area (Å²) in [5.41, 5.74) is 1.40. The highest BCUT2D eigenvalue weighted by Crippen LogP contribution is 2.37. The molecule has 0 radical (unpaired) electrons. The molecule has 1 aromatic heterocycles. The van der Waals surface area contributed by atoms with Gasteiger partial charge in [0, 0.05) is 9.75 Å². The lowest BCUT2D eigenvalue weighted by Gasteiger charge is -2.12. The van der Waals surface area contributed by atoms with E-state index in [4.69, 9.17) is 5.11 Å². The van der Waals surface area contributed by atoms with Gasteiger partial charge in [-0.05, 0) is 36.3 Å². The maximum atomic E-state index is 10.6. The zero-order valence-corrected chi connectivity index (χ0v) is 9.93. The molecule has 1 atom stereocenters. The van der Waals surface area contributed by atoms with Gasteiger partial charge in [-0.15, -0.1) is 11.3 Å². The minimum atomic E-state index is -0.727. The van der Waals surface area contributed by atoms with Crippen molar-refractivity contribution in [2.45, 2.75) is 33.1 Å². The molecule has 1 unspecified atom stereocenters. The molecule has 0 fully saturated rings. The Labute approximate surface area is 93.9 Å². The zero-order valence-electron chi connectivity index (χ0n) is 9.12. The lowest BCUT2D eigenvalue weighted by Crippen LogP contribution is -2.08. The zero-order chi connectivity index (χ0) is 11.0. The monoisotopic (exact) mass is 224 g/mol. The molecule has 0 aromatic carbocycles. The molecule has 0 spiro atoms. The summed E-state index contributed by atoms with van der Waals surface area (Å²) in [6.07, 6.45) is 2.48. The van der Waals surface area contributed by atoms with Gasteiger partial charge in [-0.2, -0.15) is 0 Å². The minimum Gasteiger partial charge on any atom is -0.481 e. The van der Waals surface area contributed by atoms with E-state index in [1.165, 1.54) is 10.4 Å². The van der Waals surface area contributed by atoms with Gasteiger partial charge in [0.15, 0.2) is 0 Å². The average molecular weight is 224 g/mol. The van der Waals surface area contributed by atoms with Crippen molar-refractivity contribution in [2.75, 3.05) is 0 Å². The van der Waals surface area contributed by atoms with Gasteiger partial charge in [-0.3, -0.25) is 4.79 Å². The Morgan fingerprint density at radius 2 is 2.33 bits per heavy atom. The normalized spacial score (nSPS) is 19.5. The fraction of sp³-hybridized carbons (Fsp3) is 0.583. The van der Waals surface area contributed by atoms with Crippen LogP contribution in [0.4, 0.5) is 0 Å². The molecule has 0 amide bonds. The minimum absolute atomic E-state index is 0.185. The number of thiophene rings is 1. The van der Waals surface area contributed by atoms with Gasteiger partial charge in [0.25, 0.3) is 0 Å². The van der Waals surface area contributed by atoms with Crippen LogP contribution in [0.5, 0.6) is 0 Å². The summed E-state index contributed by atoms with van der Waals surface area (Å²) in [7, 11) is 0. The molecule has 0 bridgehead atoms. The topological polar surface area (TPSA) is 37.3 Å². The molecule has 82 valence electrons. The van der Waals surface area contributed by atoms with Crippen LogP contribution in [0.1, 0.15) is 29.2 Å². The van der Waals surface area contributed by atoms with Crippen LogP contribution < -0.4 is 0 Å². The highest BCUT2D eigenvalue weighted by Gasteiger charge is 2.26. The van der Waals surface area contributed by atoms with Crippen LogP contribution in [0.3, 0.4) is 0 Å². The Bertz CT molecular complexity index is 355. The molecule has 1 aliphatic carbocycles. The lowest BCUT2D eigenvalue weighted by molar-refractivity contribution is -0.136. The average Bonchev–Trinajstić information content (AvgIpc) is 2.58. The first-order valence-corrected chi connectivity index (χ1v) is 6.20. The van der Waals surface area contributed by atoms with Gasteiger partial charge >= 0.3 is 5.97 Å². The Hall–Kier alpha value is -0.830. The van der Waals surface area contributed by atoms with E-state index in [0.717, 1.165) is 29.6 Å². The molecule has 3 heteroatoms. The Balaban J connectivity index is 2.09. The largest absolute Gasteiger partial charge is 0.481 e. The van der Waals surface area contributed by atoms with E-state index < -0.39 is 5.97 Å². The smallest absolute Gasteiger partial charge is 0.308 e. The summed E-state index contributed by atoms with van der Waals surface area (Å²) < 4.78 is 0. The van der Waals surface area contributed by atoms with Crippen molar-refractivity contribution in [3.8, 4) is 0 Å². The summed E-state index contributed by atoms with van der Waals surface area (Å²) in [5, 5.41) is 8.70. The second-order valence-electron chi connectivity index (χ2n) is 4.64. The third-order valence-corrected chi connectivity index (χ3v) is 4.35. The molecular weight excluding hydrogens is 208 g/mol. The first-order valence-electron chi connectivity index (χ1n) is 5.38. The van der Waals surface area contributed by atoms with Gasteiger partial charge < -0.3 is 5.11 Å². The van der Waals surface area contributed by atoms with E-state index in [2.05, 4.69) is 19.9 Å². The molecule has 0 aliphatic heterocycles. The van der Waals surface area contributed by atoms with Crippen LogP contribution >= 0.6 is 11.3 Å². The van der Waals surface area contributed by atoms with Crippen molar-refractivity contribution in [2.24, 2.45) is 11.8 Å². The summed E-state index contributed by atoms with van der Waals surface area (Å²) in [6.45, 7) is 4.53. The van der Waals surface area contributed by atoms with E-state index in [9.17, 15) is 4.79 Å². The quantitative estimate of drug-likeness (QED) is 0.857. The molecule has 1 N–H and O–H groups in total. The Morgan fingerprint density at radius 3 is 2.87 bits per heavy atom. The summed E-state index contributed by atoms with van der Waals surface area (Å²) >= 11 is 1.69. The number of aliphatic carboxylic acids is 1. The number of hydrogen-bond donors (Lipinski definition) is 1. The van der Waals surface area contributed by atoms with Gasteiger partial charge in [-0.25, -0.2) is 0 Å². The first kappa shape index (κ1) is 10.7. The van der Waals surface area contributed by atoms with Crippen LogP contribution in [0.15, 0.2) is 6.07 Å². The predicted molar refractivity (Wildman–Crippen MR) is 61.4 cm³/mol. The van der Waals surface area contributed by atoms with Crippen molar-refractivity contribution in [1.29, 1.82) is 0 Å². The van der Waals surface area contributed by atoms with Crippen LogP contribution in [0.25, 0.3) is 0 Å². The van der Waals surface area contributed by atoms with Crippen LogP contribution in [0.2, 0.25) is 0 Å². The number of carboxylic acids is 1. The van der Waals surface area contributed by atoms with Crippen molar-refractivity contribution in [1.82, 2.24) is 0 Å². The lowest BCUT2D eigenvalue weighted by atomic mass is 9.93. The number of hydrogen-bond acceptors (Lipinski definition) is 2. The second-order valence-corrected chi connectivity index (χ2v) is 5.87. The fourth-order valence-corrected chi connectivity index (χ4v) is 3.46. The number of fused-ring (bicyclic) bond motifs is 1. The van der Waals surface area contributed by atoms with Crippen LogP contribution in [-0.2, 0) is 24.1 Å². The molecular formula is C12H16O2S. The number of carboxylic acid groups (broad SMARTS) is 1. The van der Waals surface area contributed by atoms with Crippen LogP contribution in [-0.4, -0.2) is 11.1 Å². The van der Waals surface area contributed by atoms with Crippen molar-refractivity contribution in [3.63, 3.8) is 0 Å². The molecule has 1 aliphatic rings. The Morgan fingerprint density at radius 1 is 1.60 bits per heavy atom. The molecule has 2 rings (SSSR count). The van der Waals surface area contributed by atoms with E-state index >= 15 is 0 Å². The van der Waals surface area contributed by atoms with Gasteiger partial charge in [0.1, 0.15) is 0 Å². The van der Waals surface area contributed by atoms with E-state index in [1.807, 2.05) is 0 Å². The summed E-state index contributed by atoms with van der Waals surface area (Å²) in [4.78, 5) is 13.0. The molecule has 1 aromatic rings. The molecule has 1 heterocycles. The number of rotatable bonds is 3. The molecule has 15 heavy (non-hydrogen) atoms. The SMILES string of the molecule is CC(C)C1Cc2cc(CC(=O)O)sc2C1. The van der Waals surface area contributed by atoms with Gasteiger partial charge in [-0.1, -0.05) is 13.8 Å². The highest BCUT2D eigenvalue weighted by atomic mass is 32.1. The fourth-order valence-electron chi connectivity index (χ4n) is 2.17. The molecule has 2 nitrogen and oxygen atoms in total. The predicted octanol–water partition coefficient (Wildman–Crippen LogP) is 2.75. The maximum Gasteiger partial charge on any atom is 0.308 e. The van der Waals surface area contributed by atoms with Crippen LogP contribution in [0, 0.1) is 11.8 Å². The standard InChI is InChI=1S/C12H16O2S/c1-7(2)8-3-9-4-10(6-12(13)14)15-11(9)5-8/h4,7-8H,3,5-6H2,1-2H3,(H,13,14). The van der Waals surface area contributed by atoms with Gasteiger partial charge in [0.05, 0.1) is 6.42 Å². The van der Waals surface area contributed by atoms with Crippen molar-refractivity contribution < 1.29 is 9.90 Å². The third kappa shape index (κ3) is 2.23. The highest BCUT2D eigenvalue weighted by molar-refractivity contribution is 7.12. The van der Waals surface area contributed by atoms with Crippen molar-refractivity contribution >= 4 is 17.3 Å². The Kier molecular flexibility index (Phi) is 2.83. The van der Waals surface area contributed by atoms with E-state index in [1.54, 1.807) is 11.3 Å². The van der Waals surface area contributed by atoms with E-state index in [-0.39, 0.29) is 6.42 Å². The van der Waals surface area contributed by atoms with Gasteiger partial charge in [0.2, 0.25) is 0 Å². The molecule has 0 saturated carbocycles.